The Balaban J connectivity index is 1.70. The minimum atomic E-state index is -1.09. The lowest BCUT2D eigenvalue weighted by Gasteiger charge is -2.53. The quantitative estimate of drug-likeness (QED) is 0.679. The molecule has 0 aromatic heterocycles. The van der Waals surface area contributed by atoms with E-state index in [1.807, 2.05) is 0 Å². The summed E-state index contributed by atoms with van der Waals surface area (Å²) in [7, 11) is 0. The Bertz CT molecular complexity index is 669. The van der Waals surface area contributed by atoms with Crippen LogP contribution in [0.3, 0.4) is 0 Å². The van der Waals surface area contributed by atoms with E-state index in [2.05, 4.69) is 6.92 Å². The zero-order valence-corrected chi connectivity index (χ0v) is 15.0. The molecule has 0 aromatic rings. The van der Waals surface area contributed by atoms with Crippen LogP contribution < -0.4 is 10.2 Å². The number of rotatable bonds is 2. The molecule has 0 amide bonds. The van der Waals surface area contributed by atoms with Gasteiger partial charge in [-0.05, 0) is 67.1 Å². The molecule has 1 unspecified atom stereocenters. The molecule has 5 heteroatoms. The maximum Gasteiger partial charge on any atom is 0.0950 e. The maximum atomic E-state index is 12.4. The number of aliphatic carboxylic acids is 2. The van der Waals surface area contributed by atoms with Crippen molar-refractivity contribution in [3.8, 4) is 0 Å². The minimum Gasteiger partial charge on any atom is -0.550 e. The summed E-state index contributed by atoms with van der Waals surface area (Å²) in [4.78, 5) is 24.5. The summed E-state index contributed by atoms with van der Waals surface area (Å²) in [5.41, 5.74) is -1.81. The lowest BCUT2D eigenvalue weighted by atomic mass is 9.53. The van der Waals surface area contributed by atoms with Gasteiger partial charge in [0.25, 0.3) is 0 Å². The minimum absolute atomic E-state index is 0.121. The standard InChI is InChI=1S/C20H28O5/c1-17-6-3-7-18(2,16(23)24)14(17)13(15(21)22)19-8-11(4-5-12(17)19)20(9-19)10-25-20/h11-14H,3-10H2,1-2H3,(H,21,22)(H,23,24)/p-2/t11-,12+,13-,14+,17+,18-,19-,20?/m1/s1. The molecule has 5 rings (SSSR count). The van der Waals surface area contributed by atoms with Crippen LogP contribution in [0.4, 0.5) is 0 Å². The molecular weight excluding hydrogens is 320 g/mol. The largest absolute Gasteiger partial charge is 0.550 e. The van der Waals surface area contributed by atoms with E-state index in [0.29, 0.717) is 12.3 Å². The predicted octanol–water partition coefficient (Wildman–Crippen LogP) is 0.504. The van der Waals surface area contributed by atoms with Crippen molar-refractivity contribution < 1.29 is 24.5 Å². The second-order valence-corrected chi connectivity index (χ2v) is 10.1. The molecule has 0 N–H and O–H groups in total. The van der Waals surface area contributed by atoms with Crippen molar-refractivity contribution in [2.45, 2.75) is 64.4 Å². The number of hydrogen-bond acceptors (Lipinski definition) is 5. The lowest BCUT2D eigenvalue weighted by molar-refractivity contribution is -0.331. The Morgan fingerprint density at radius 3 is 2.44 bits per heavy atom. The van der Waals surface area contributed by atoms with Crippen molar-refractivity contribution in [1.29, 1.82) is 0 Å². The summed E-state index contributed by atoms with van der Waals surface area (Å²) < 4.78 is 5.85. The third-order valence-electron chi connectivity index (χ3n) is 9.29. The summed E-state index contributed by atoms with van der Waals surface area (Å²) in [5.74, 6) is -2.54. The molecule has 138 valence electrons. The molecule has 4 saturated carbocycles. The highest BCUT2D eigenvalue weighted by Gasteiger charge is 2.77. The second-order valence-electron chi connectivity index (χ2n) is 10.1. The number of carboxylic acids is 2. The highest BCUT2D eigenvalue weighted by Crippen LogP contribution is 2.79. The SMILES string of the molecule is C[C@@]12CCC[C@@](C)(C(=O)[O-])[C@H]1[C@H](C(=O)[O-])[C@@]13C[C@@H](CC[C@@H]21)C1(CO1)C3. The molecular formula is C20H26O5-2. The van der Waals surface area contributed by atoms with Gasteiger partial charge in [0, 0.05) is 23.3 Å². The molecule has 2 bridgehead atoms. The van der Waals surface area contributed by atoms with Gasteiger partial charge in [0.1, 0.15) is 0 Å². The first-order chi connectivity index (χ1) is 11.7. The second kappa shape index (κ2) is 4.41. The van der Waals surface area contributed by atoms with Crippen molar-refractivity contribution >= 4 is 11.9 Å². The smallest absolute Gasteiger partial charge is 0.0950 e. The summed E-state index contributed by atoms with van der Waals surface area (Å²) in [6.07, 6.45) is 5.97. The average molecular weight is 346 g/mol. The Kier molecular flexibility index (Phi) is 2.84. The number of carbonyl (C=O) groups is 2. The molecule has 8 atom stereocenters. The van der Waals surface area contributed by atoms with Crippen molar-refractivity contribution in [2.24, 2.45) is 39.9 Å². The number of ether oxygens (including phenoxy) is 1. The monoisotopic (exact) mass is 346 g/mol. The van der Waals surface area contributed by atoms with Crippen LogP contribution in [0.2, 0.25) is 0 Å². The van der Waals surface area contributed by atoms with E-state index in [4.69, 9.17) is 4.74 Å². The highest BCUT2D eigenvalue weighted by atomic mass is 16.6. The third kappa shape index (κ3) is 1.65. The summed E-state index contributed by atoms with van der Waals surface area (Å²) in [5, 5.41) is 24.5. The Hall–Kier alpha value is -1.10. The molecule has 5 fully saturated rings. The highest BCUT2D eigenvalue weighted by molar-refractivity contribution is 5.77. The van der Waals surface area contributed by atoms with Crippen LogP contribution in [0.5, 0.6) is 0 Å². The number of fused-ring (bicyclic) bond motifs is 4. The van der Waals surface area contributed by atoms with Crippen LogP contribution in [-0.4, -0.2) is 24.1 Å². The van der Waals surface area contributed by atoms with E-state index in [-0.39, 0.29) is 22.3 Å². The van der Waals surface area contributed by atoms with E-state index < -0.39 is 29.2 Å². The Morgan fingerprint density at radius 1 is 1.12 bits per heavy atom. The van der Waals surface area contributed by atoms with Crippen molar-refractivity contribution in [1.82, 2.24) is 0 Å². The molecule has 1 aliphatic heterocycles. The zero-order chi connectivity index (χ0) is 17.8. The molecule has 1 saturated heterocycles. The van der Waals surface area contributed by atoms with Gasteiger partial charge in [0.2, 0.25) is 0 Å². The van der Waals surface area contributed by atoms with Crippen molar-refractivity contribution in [2.75, 3.05) is 6.61 Å². The van der Waals surface area contributed by atoms with Crippen LogP contribution >= 0.6 is 0 Å². The molecule has 5 aliphatic rings. The molecule has 0 radical (unpaired) electrons. The van der Waals surface area contributed by atoms with Crippen LogP contribution in [0, 0.1) is 39.9 Å². The molecule has 4 aliphatic carbocycles. The van der Waals surface area contributed by atoms with E-state index in [1.54, 1.807) is 6.92 Å². The van der Waals surface area contributed by atoms with Gasteiger partial charge >= 0.3 is 0 Å². The van der Waals surface area contributed by atoms with Crippen molar-refractivity contribution in [3.63, 3.8) is 0 Å². The number of epoxide rings is 1. The van der Waals surface area contributed by atoms with Gasteiger partial charge in [-0.15, -0.1) is 0 Å². The normalized spacial score (nSPS) is 58.6. The van der Waals surface area contributed by atoms with Gasteiger partial charge < -0.3 is 24.5 Å². The Morgan fingerprint density at radius 2 is 1.84 bits per heavy atom. The Labute approximate surface area is 148 Å². The van der Waals surface area contributed by atoms with Crippen molar-refractivity contribution in [3.05, 3.63) is 0 Å². The van der Waals surface area contributed by atoms with E-state index in [1.165, 1.54) is 0 Å². The molecule has 0 aromatic carbocycles. The van der Waals surface area contributed by atoms with Crippen LogP contribution in [0.15, 0.2) is 0 Å². The zero-order valence-electron chi connectivity index (χ0n) is 15.0. The van der Waals surface area contributed by atoms with Gasteiger partial charge in [-0.1, -0.05) is 20.3 Å². The first-order valence-electron chi connectivity index (χ1n) is 9.76. The number of carbonyl (C=O) groups excluding carboxylic acids is 2. The first kappa shape index (κ1) is 16.1. The molecule has 25 heavy (non-hydrogen) atoms. The summed E-state index contributed by atoms with van der Waals surface area (Å²) >= 11 is 0. The van der Waals surface area contributed by atoms with Gasteiger partial charge in [-0.3, -0.25) is 0 Å². The number of hydrogen-bond donors (Lipinski definition) is 0. The lowest BCUT2D eigenvalue weighted by Crippen LogP contribution is -2.56. The maximum absolute atomic E-state index is 12.4. The third-order valence-corrected chi connectivity index (χ3v) is 9.29. The fourth-order valence-electron chi connectivity index (χ4n) is 8.52. The first-order valence-corrected chi connectivity index (χ1v) is 9.76. The molecule has 1 heterocycles. The van der Waals surface area contributed by atoms with Crippen LogP contribution in [0.25, 0.3) is 0 Å². The van der Waals surface area contributed by atoms with Gasteiger partial charge in [-0.25, -0.2) is 0 Å². The topological polar surface area (TPSA) is 92.8 Å². The van der Waals surface area contributed by atoms with E-state index >= 15 is 0 Å². The molecule has 2 spiro atoms. The summed E-state index contributed by atoms with van der Waals surface area (Å²) in [6, 6.07) is 0. The van der Waals surface area contributed by atoms with Gasteiger partial charge in [0.05, 0.1) is 12.2 Å². The van der Waals surface area contributed by atoms with Crippen LogP contribution in [-0.2, 0) is 14.3 Å². The summed E-state index contributed by atoms with van der Waals surface area (Å²) in [6.45, 7) is 4.63. The van der Waals surface area contributed by atoms with Gasteiger partial charge in [-0.2, -0.15) is 0 Å². The van der Waals surface area contributed by atoms with E-state index in [9.17, 15) is 19.8 Å². The molecule has 5 nitrogen and oxygen atoms in total. The van der Waals surface area contributed by atoms with E-state index in [0.717, 1.165) is 45.1 Å². The number of carboxylic acid groups (broad SMARTS) is 2. The fraction of sp³-hybridized carbons (Fsp3) is 0.900. The van der Waals surface area contributed by atoms with Crippen LogP contribution in [0.1, 0.15) is 58.8 Å². The fourth-order valence-corrected chi connectivity index (χ4v) is 8.52. The average Bonchev–Trinajstić information content (AvgIpc) is 3.20. The predicted molar refractivity (Wildman–Crippen MR) is 83.6 cm³/mol. The van der Waals surface area contributed by atoms with Gasteiger partial charge in [0.15, 0.2) is 0 Å².